The number of carbonyl (C=O) groups excluding carboxylic acids is 1. The number of aromatic nitrogens is 2. The molecule has 6 nitrogen and oxygen atoms in total. The summed E-state index contributed by atoms with van der Waals surface area (Å²) in [6, 6.07) is 6.96. The van der Waals surface area contributed by atoms with Crippen molar-refractivity contribution in [2.24, 2.45) is 0 Å². The molecule has 0 saturated carbocycles. The van der Waals surface area contributed by atoms with E-state index < -0.39 is 11.6 Å². The van der Waals surface area contributed by atoms with Crippen molar-refractivity contribution in [2.45, 2.75) is 32.9 Å². The lowest BCUT2D eigenvalue weighted by Crippen LogP contribution is -2.23. The zero-order valence-electron chi connectivity index (χ0n) is 12.7. The van der Waals surface area contributed by atoms with E-state index in [1.54, 1.807) is 24.3 Å². The number of carboxylic acid groups (broad SMARTS) is 1. The Morgan fingerprint density at radius 3 is 2.32 bits per heavy atom. The van der Waals surface area contributed by atoms with Gasteiger partial charge in [0.1, 0.15) is 5.60 Å². The Balaban J connectivity index is 2.05. The van der Waals surface area contributed by atoms with Crippen molar-refractivity contribution >= 4 is 11.9 Å². The molecule has 0 fully saturated rings. The second-order valence-electron chi connectivity index (χ2n) is 5.93. The van der Waals surface area contributed by atoms with Crippen molar-refractivity contribution in [3.8, 4) is 0 Å². The van der Waals surface area contributed by atoms with E-state index in [0.717, 1.165) is 5.56 Å². The topological polar surface area (TPSA) is 81.4 Å². The number of ether oxygens (including phenoxy) is 1. The predicted molar refractivity (Wildman–Crippen MR) is 79.9 cm³/mol. The summed E-state index contributed by atoms with van der Waals surface area (Å²) in [5.74, 6) is -1.38. The molecule has 2 rings (SSSR count). The normalized spacial score (nSPS) is 11.2. The lowest BCUT2D eigenvalue weighted by Gasteiger charge is -2.19. The minimum absolute atomic E-state index is 0.144. The molecule has 0 unspecified atom stereocenters. The molecule has 1 aromatic carbocycles. The molecule has 6 heteroatoms. The molecular formula is C16H18N2O4. The van der Waals surface area contributed by atoms with Crippen LogP contribution >= 0.6 is 0 Å². The highest BCUT2D eigenvalue weighted by molar-refractivity contribution is 5.89. The molecule has 0 radical (unpaired) electrons. The largest absolute Gasteiger partial charge is 0.478 e. The van der Waals surface area contributed by atoms with Crippen LogP contribution in [0, 0.1) is 0 Å². The molecule has 0 amide bonds. The number of hydrogen-bond donors (Lipinski definition) is 1. The number of rotatable bonds is 4. The van der Waals surface area contributed by atoms with E-state index in [0.29, 0.717) is 12.1 Å². The maximum atomic E-state index is 11.9. The van der Waals surface area contributed by atoms with Gasteiger partial charge in [-0.25, -0.2) is 9.59 Å². The van der Waals surface area contributed by atoms with Crippen LogP contribution in [0.15, 0.2) is 36.7 Å². The van der Waals surface area contributed by atoms with Crippen LogP contribution in [0.3, 0.4) is 0 Å². The van der Waals surface area contributed by atoms with Crippen LogP contribution in [-0.4, -0.2) is 32.4 Å². The fourth-order valence-corrected chi connectivity index (χ4v) is 1.83. The second-order valence-corrected chi connectivity index (χ2v) is 5.93. The lowest BCUT2D eigenvalue weighted by molar-refractivity contribution is 0.00693. The standard InChI is InChI=1S/C16H18N2O4/c1-16(2,3)22-15(21)12-6-4-11(5-7-12)9-18-10-13(8-17-18)14(19)20/h4-8,10H,9H2,1-3H3,(H,19,20). The van der Waals surface area contributed by atoms with E-state index >= 15 is 0 Å². The lowest BCUT2D eigenvalue weighted by atomic mass is 10.1. The summed E-state index contributed by atoms with van der Waals surface area (Å²) in [4.78, 5) is 22.7. The average molecular weight is 302 g/mol. The van der Waals surface area contributed by atoms with Crippen LogP contribution in [0.4, 0.5) is 0 Å². The van der Waals surface area contributed by atoms with Crippen LogP contribution in [0.25, 0.3) is 0 Å². The molecular weight excluding hydrogens is 284 g/mol. The quantitative estimate of drug-likeness (QED) is 0.878. The Morgan fingerprint density at radius 1 is 1.18 bits per heavy atom. The van der Waals surface area contributed by atoms with E-state index in [1.807, 2.05) is 20.8 Å². The van der Waals surface area contributed by atoms with Gasteiger partial charge in [-0.3, -0.25) is 4.68 Å². The number of aromatic carboxylic acids is 1. The number of benzene rings is 1. The maximum Gasteiger partial charge on any atom is 0.338 e. The third-order valence-corrected chi connectivity index (χ3v) is 2.81. The van der Waals surface area contributed by atoms with E-state index in [-0.39, 0.29) is 11.5 Å². The highest BCUT2D eigenvalue weighted by Gasteiger charge is 2.17. The summed E-state index contributed by atoms with van der Waals surface area (Å²) in [6.45, 7) is 5.88. The summed E-state index contributed by atoms with van der Waals surface area (Å²) in [5.41, 5.74) is 1.00. The Labute approximate surface area is 128 Å². The van der Waals surface area contributed by atoms with Gasteiger partial charge >= 0.3 is 11.9 Å². The molecule has 116 valence electrons. The molecule has 1 N–H and O–H groups in total. The molecule has 0 aliphatic carbocycles. The monoisotopic (exact) mass is 302 g/mol. The molecule has 0 atom stereocenters. The predicted octanol–water partition coefficient (Wildman–Crippen LogP) is 2.58. The van der Waals surface area contributed by atoms with E-state index in [9.17, 15) is 9.59 Å². The van der Waals surface area contributed by atoms with Crippen molar-refractivity contribution in [1.82, 2.24) is 9.78 Å². The molecule has 0 saturated heterocycles. The van der Waals surface area contributed by atoms with Gasteiger partial charge in [0.15, 0.2) is 0 Å². The van der Waals surface area contributed by atoms with Gasteiger partial charge in [0.25, 0.3) is 0 Å². The van der Waals surface area contributed by atoms with Gasteiger partial charge in [0, 0.05) is 6.20 Å². The fraction of sp³-hybridized carbons (Fsp3) is 0.312. The van der Waals surface area contributed by atoms with E-state index in [4.69, 9.17) is 9.84 Å². The molecule has 1 heterocycles. The van der Waals surface area contributed by atoms with Gasteiger partial charge < -0.3 is 9.84 Å². The van der Waals surface area contributed by atoms with Crippen molar-refractivity contribution in [3.05, 3.63) is 53.3 Å². The first kappa shape index (κ1) is 15.8. The van der Waals surface area contributed by atoms with E-state index in [2.05, 4.69) is 5.10 Å². The zero-order chi connectivity index (χ0) is 16.3. The molecule has 0 spiro atoms. The number of esters is 1. The summed E-state index contributed by atoms with van der Waals surface area (Å²) in [7, 11) is 0. The zero-order valence-corrected chi connectivity index (χ0v) is 12.7. The van der Waals surface area contributed by atoms with E-state index in [1.165, 1.54) is 17.1 Å². The molecule has 0 aliphatic heterocycles. The molecule has 0 bridgehead atoms. The van der Waals surface area contributed by atoms with Crippen molar-refractivity contribution in [2.75, 3.05) is 0 Å². The Hall–Kier alpha value is -2.63. The first-order valence-corrected chi connectivity index (χ1v) is 6.82. The fourth-order valence-electron chi connectivity index (χ4n) is 1.83. The summed E-state index contributed by atoms with van der Waals surface area (Å²) in [5, 5.41) is 12.8. The Kier molecular flexibility index (Phi) is 4.30. The number of carboxylic acids is 1. The highest BCUT2D eigenvalue weighted by Crippen LogP contribution is 2.13. The van der Waals surface area contributed by atoms with Crippen LogP contribution in [0.1, 0.15) is 47.1 Å². The van der Waals surface area contributed by atoms with Gasteiger partial charge in [-0.2, -0.15) is 5.10 Å². The van der Waals surface area contributed by atoms with Gasteiger partial charge in [0.2, 0.25) is 0 Å². The second kappa shape index (κ2) is 6.01. The van der Waals surface area contributed by atoms with Crippen molar-refractivity contribution in [3.63, 3.8) is 0 Å². The third kappa shape index (κ3) is 4.18. The van der Waals surface area contributed by atoms with Gasteiger partial charge in [-0.15, -0.1) is 0 Å². The van der Waals surface area contributed by atoms with Gasteiger partial charge in [0.05, 0.1) is 23.9 Å². The Morgan fingerprint density at radius 2 is 1.82 bits per heavy atom. The number of hydrogen-bond acceptors (Lipinski definition) is 4. The van der Waals surface area contributed by atoms with Gasteiger partial charge in [-0.1, -0.05) is 12.1 Å². The van der Waals surface area contributed by atoms with Crippen molar-refractivity contribution < 1.29 is 19.4 Å². The number of nitrogens with zero attached hydrogens (tertiary/aromatic N) is 2. The Bertz CT molecular complexity index is 681. The molecule has 2 aromatic rings. The van der Waals surface area contributed by atoms with Crippen molar-refractivity contribution in [1.29, 1.82) is 0 Å². The smallest absolute Gasteiger partial charge is 0.338 e. The number of carbonyl (C=O) groups is 2. The van der Waals surface area contributed by atoms with Crippen LogP contribution in [0.2, 0.25) is 0 Å². The first-order valence-electron chi connectivity index (χ1n) is 6.82. The minimum atomic E-state index is -1.01. The highest BCUT2D eigenvalue weighted by atomic mass is 16.6. The third-order valence-electron chi connectivity index (χ3n) is 2.81. The molecule has 0 aliphatic rings. The average Bonchev–Trinajstić information content (AvgIpc) is 2.86. The molecule has 22 heavy (non-hydrogen) atoms. The minimum Gasteiger partial charge on any atom is -0.478 e. The summed E-state index contributed by atoms with van der Waals surface area (Å²) >= 11 is 0. The van der Waals surface area contributed by atoms with Gasteiger partial charge in [-0.05, 0) is 38.5 Å². The SMILES string of the molecule is CC(C)(C)OC(=O)c1ccc(Cn2cc(C(=O)O)cn2)cc1. The van der Waals surface area contributed by atoms with Crippen LogP contribution in [-0.2, 0) is 11.3 Å². The van der Waals surface area contributed by atoms with Crippen LogP contribution in [0.5, 0.6) is 0 Å². The summed E-state index contributed by atoms with van der Waals surface area (Å²) in [6.07, 6.45) is 2.77. The molecule has 1 aromatic heterocycles. The summed E-state index contributed by atoms with van der Waals surface area (Å²) < 4.78 is 6.82. The maximum absolute atomic E-state index is 11.9. The first-order chi connectivity index (χ1) is 10.2. The van der Waals surface area contributed by atoms with Crippen LogP contribution < -0.4 is 0 Å².